The molecule has 114 valence electrons. The average Bonchev–Trinajstić information content (AvgIpc) is 2.47. The summed E-state index contributed by atoms with van der Waals surface area (Å²) in [4.78, 5) is 0.278. The van der Waals surface area contributed by atoms with Crippen LogP contribution in [0.4, 0.5) is 0 Å². The minimum absolute atomic E-state index is 0.0325. The van der Waals surface area contributed by atoms with Gasteiger partial charge in [0.2, 0.25) is 0 Å². The summed E-state index contributed by atoms with van der Waals surface area (Å²) < 4.78 is 28.7. The lowest BCUT2D eigenvalue weighted by molar-refractivity contribution is 0.116. The molecule has 1 saturated carbocycles. The van der Waals surface area contributed by atoms with E-state index in [2.05, 4.69) is 11.4 Å². The molecule has 0 aliphatic heterocycles. The smallest absolute Gasteiger partial charge is 0.175 e. The number of nitriles is 1. The first-order valence-corrected chi connectivity index (χ1v) is 8.85. The minimum atomic E-state index is -3.19. The second kappa shape index (κ2) is 6.04. The number of benzene rings is 1. The molecule has 2 atom stereocenters. The maximum atomic E-state index is 11.4. The molecule has 5 nitrogen and oxygen atoms in total. The zero-order chi connectivity index (χ0) is 15.5. The molecule has 1 aliphatic carbocycles. The molecule has 0 heterocycles. The number of nitrogens with zero attached hydrogens (tertiary/aromatic N) is 1. The van der Waals surface area contributed by atoms with Crippen molar-refractivity contribution in [3.63, 3.8) is 0 Å². The molecule has 1 aromatic carbocycles. The summed E-state index contributed by atoms with van der Waals surface area (Å²) in [5.41, 5.74) is -0.518. The van der Waals surface area contributed by atoms with Crippen molar-refractivity contribution in [1.82, 2.24) is 5.32 Å². The first-order chi connectivity index (χ1) is 9.88. The molecule has 2 unspecified atom stereocenters. The number of sulfone groups is 1. The van der Waals surface area contributed by atoms with Crippen molar-refractivity contribution in [1.29, 1.82) is 5.26 Å². The Bertz CT molecular complexity index is 634. The summed E-state index contributed by atoms with van der Waals surface area (Å²) in [5, 5.41) is 12.4. The number of rotatable bonds is 4. The first kappa shape index (κ1) is 15.8. The van der Waals surface area contributed by atoms with Crippen LogP contribution in [0.5, 0.6) is 5.75 Å². The lowest BCUT2D eigenvalue weighted by atomic mass is 9.81. The van der Waals surface area contributed by atoms with E-state index < -0.39 is 15.4 Å². The Morgan fingerprint density at radius 2 is 2.05 bits per heavy atom. The van der Waals surface area contributed by atoms with Gasteiger partial charge in [-0.2, -0.15) is 5.26 Å². The van der Waals surface area contributed by atoms with Crippen LogP contribution in [0.15, 0.2) is 29.2 Å². The van der Waals surface area contributed by atoms with Crippen LogP contribution in [0.2, 0.25) is 0 Å². The van der Waals surface area contributed by atoms with Gasteiger partial charge in [-0.15, -0.1) is 0 Å². The number of nitrogens with one attached hydrogen (secondary N) is 1. The summed E-state index contributed by atoms with van der Waals surface area (Å²) in [7, 11) is -1.39. The Hall–Kier alpha value is -1.58. The van der Waals surface area contributed by atoms with E-state index in [0.717, 1.165) is 19.3 Å². The van der Waals surface area contributed by atoms with E-state index >= 15 is 0 Å². The zero-order valence-corrected chi connectivity index (χ0v) is 13.1. The van der Waals surface area contributed by atoms with Gasteiger partial charge in [0, 0.05) is 12.7 Å². The van der Waals surface area contributed by atoms with Crippen LogP contribution in [-0.2, 0) is 9.84 Å². The van der Waals surface area contributed by atoms with Gasteiger partial charge in [0.05, 0.1) is 11.0 Å². The highest BCUT2D eigenvalue weighted by atomic mass is 32.2. The van der Waals surface area contributed by atoms with Gasteiger partial charge in [-0.05, 0) is 50.6 Å². The molecule has 2 rings (SSSR count). The predicted molar refractivity (Wildman–Crippen MR) is 79.8 cm³/mol. The van der Waals surface area contributed by atoms with Crippen molar-refractivity contribution in [3.05, 3.63) is 24.3 Å². The van der Waals surface area contributed by atoms with E-state index in [1.54, 1.807) is 31.3 Å². The lowest BCUT2D eigenvalue weighted by Crippen LogP contribution is -2.48. The van der Waals surface area contributed by atoms with Crippen LogP contribution in [0.25, 0.3) is 0 Å². The Morgan fingerprint density at radius 3 is 2.57 bits per heavy atom. The third-order valence-electron chi connectivity index (χ3n) is 3.95. The normalized spacial score (nSPS) is 26.0. The monoisotopic (exact) mass is 308 g/mol. The van der Waals surface area contributed by atoms with Gasteiger partial charge in [0.1, 0.15) is 17.4 Å². The second-order valence-electron chi connectivity index (χ2n) is 5.52. The standard InChI is InChI=1S/C15H20N2O3S/c1-17-15(11-16)9-3-4-13(10-15)20-12-5-7-14(8-6-12)21(2,18)19/h5-8,13,17H,3-4,9-10H2,1-2H3. The SMILES string of the molecule is CNC1(C#N)CCCC(Oc2ccc(S(C)(=O)=O)cc2)C1. The van der Waals surface area contributed by atoms with Crippen molar-refractivity contribution < 1.29 is 13.2 Å². The fraction of sp³-hybridized carbons (Fsp3) is 0.533. The minimum Gasteiger partial charge on any atom is -0.490 e. The lowest BCUT2D eigenvalue weighted by Gasteiger charge is -2.35. The third kappa shape index (κ3) is 3.74. The van der Waals surface area contributed by atoms with Crippen molar-refractivity contribution in [3.8, 4) is 11.8 Å². The average molecular weight is 308 g/mol. The van der Waals surface area contributed by atoms with Gasteiger partial charge < -0.3 is 10.1 Å². The highest BCUT2D eigenvalue weighted by molar-refractivity contribution is 7.90. The predicted octanol–water partition coefficient (Wildman–Crippen LogP) is 1.89. The largest absolute Gasteiger partial charge is 0.490 e. The summed E-state index contributed by atoms with van der Waals surface area (Å²) in [5.74, 6) is 0.636. The molecule has 1 aliphatic rings. The van der Waals surface area contributed by atoms with Gasteiger partial charge in [-0.25, -0.2) is 8.42 Å². The van der Waals surface area contributed by atoms with Gasteiger partial charge in [-0.1, -0.05) is 0 Å². The van der Waals surface area contributed by atoms with Crippen molar-refractivity contribution >= 4 is 9.84 Å². The highest BCUT2D eigenvalue weighted by Gasteiger charge is 2.36. The maximum Gasteiger partial charge on any atom is 0.175 e. The topological polar surface area (TPSA) is 79.2 Å². The van der Waals surface area contributed by atoms with Gasteiger partial charge in [0.15, 0.2) is 9.84 Å². The molecule has 0 radical (unpaired) electrons. The summed E-state index contributed by atoms with van der Waals surface area (Å²) in [6, 6.07) is 8.76. The van der Waals surface area contributed by atoms with Crippen LogP contribution < -0.4 is 10.1 Å². The quantitative estimate of drug-likeness (QED) is 0.919. The molecule has 0 aromatic heterocycles. The van der Waals surface area contributed by atoms with E-state index in [1.807, 2.05) is 0 Å². The molecular weight excluding hydrogens is 288 g/mol. The number of ether oxygens (including phenoxy) is 1. The van der Waals surface area contributed by atoms with Gasteiger partial charge >= 0.3 is 0 Å². The Morgan fingerprint density at radius 1 is 1.38 bits per heavy atom. The molecule has 21 heavy (non-hydrogen) atoms. The molecular formula is C15H20N2O3S. The number of hydrogen-bond acceptors (Lipinski definition) is 5. The highest BCUT2D eigenvalue weighted by Crippen LogP contribution is 2.30. The van der Waals surface area contributed by atoms with Gasteiger partial charge in [0.25, 0.3) is 0 Å². The molecule has 0 bridgehead atoms. The summed E-state index contributed by atoms with van der Waals surface area (Å²) in [6.07, 6.45) is 4.44. The summed E-state index contributed by atoms with van der Waals surface area (Å²) in [6.45, 7) is 0. The molecule has 1 fully saturated rings. The zero-order valence-electron chi connectivity index (χ0n) is 12.3. The third-order valence-corrected chi connectivity index (χ3v) is 5.08. The fourth-order valence-corrected chi connectivity index (χ4v) is 3.30. The summed E-state index contributed by atoms with van der Waals surface area (Å²) >= 11 is 0. The molecule has 6 heteroatoms. The van der Waals surface area contributed by atoms with Crippen LogP contribution in [0.1, 0.15) is 25.7 Å². The van der Waals surface area contributed by atoms with Crippen LogP contribution in [0.3, 0.4) is 0 Å². The Labute approximate surface area is 125 Å². The van der Waals surface area contributed by atoms with Gasteiger partial charge in [-0.3, -0.25) is 0 Å². The molecule has 0 saturated heterocycles. The van der Waals surface area contributed by atoms with Crippen molar-refractivity contribution in [2.75, 3.05) is 13.3 Å². The van der Waals surface area contributed by atoms with Crippen LogP contribution >= 0.6 is 0 Å². The number of hydrogen-bond donors (Lipinski definition) is 1. The van der Waals surface area contributed by atoms with Crippen LogP contribution in [0, 0.1) is 11.3 Å². The molecule has 0 spiro atoms. The fourth-order valence-electron chi connectivity index (χ4n) is 2.67. The van der Waals surface area contributed by atoms with E-state index in [-0.39, 0.29) is 11.0 Å². The Balaban J connectivity index is 2.07. The second-order valence-corrected chi connectivity index (χ2v) is 7.54. The molecule has 0 amide bonds. The van der Waals surface area contributed by atoms with E-state index in [9.17, 15) is 13.7 Å². The van der Waals surface area contributed by atoms with Crippen LogP contribution in [-0.4, -0.2) is 33.4 Å². The Kier molecular flexibility index (Phi) is 4.55. The van der Waals surface area contributed by atoms with E-state index in [0.29, 0.717) is 12.2 Å². The molecule has 1 aromatic rings. The maximum absolute atomic E-state index is 11.4. The van der Waals surface area contributed by atoms with E-state index in [1.165, 1.54) is 6.26 Å². The van der Waals surface area contributed by atoms with Crippen molar-refractivity contribution in [2.24, 2.45) is 0 Å². The van der Waals surface area contributed by atoms with Crippen molar-refractivity contribution in [2.45, 2.75) is 42.2 Å². The van der Waals surface area contributed by atoms with E-state index in [4.69, 9.17) is 4.74 Å². The molecule has 1 N–H and O–H groups in total. The first-order valence-electron chi connectivity index (χ1n) is 6.95.